The number of benzene rings is 2. The number of fused-ring (bicyclic) bond motifs is 1. The molecule has 2 aromatic carbocycles. The molecular formula is C18H21BrN2. The van der Waals surface area contributed by atoms with Crippen molar-refractivity contribution in [3.05, 3.63) is 63.6 Å². The first kappa shape index (κ1) is 14.6. The summed E-state index contributed by atoms with van der Waals surface area (Å²) in [6, 6.07) is 15.6. The summed E-state index contributed by atoms with van der Waals surface area (Å²) in [6.45, 7) is 3.08. The highest BCUT2D eigenvalue weighted by Crippen LogP contribution is 2.26. The summed E-state index contributed by atoms with van der Waals surface area (Å²) in [6.07, 6.45) is 2.26. The van der Waals surface area contributed by atoms with Crippen LogP contribution in [0.25, 0.3) is 0 Å². The van der Waals surface area contributed by atoms with Gasteiger partial charge in [-0.25, -0.2) is 0 Å². The number of rotatable bonds is 3. The molecule has 110 valence electrons. The van der Waals surface area contributed by atoms with Crippen LogP contribution in [0.3, 0.4) is 0 Å². The molecular weight excluding hydrogens is 324 g/mol. The minimum absolute atomic E-state index is 0.895. The molecule has 2 aromatic rings. The molecule has 1 N–H and O–H groups in total. The van der Waals surface area contributed by atoms with Crippen molar-refractivity contribution in [3.63, 3.8) is 0 Å². The predicted octanol–water partition coefficient (Wildman–Crippen LogP) is 3.77. The maximum Gasteiger partial charge on any atom is 0.0377 e. The minimum Gasteiger partial charge on any atom is -0.371 e. The van der Waals surface area contributed by atoms with Gasteiger partial charge >= 0.3 is 0 Å². The third-order valence-corrected chi connectivity index (χ3v) is 4.93. The number of halogens is 1. The van der Waals surface area contributed by atoms with Crippen LogP contribution in [0.4, 0.5) is 5.69 Å². The van der Waals surface area contributed by atoms with E-state index >= 15 is 0 Å². The molecule has 0 saturated carbocycles. The van der Waals surface area contributed by atoms with Gasteiger partial charge in [0.05, 0.1) is 0 Å². The largest absolute Gasteiger partial charge is 0.371 e. The number of nitrogens with zero attached hydrogens (tertiary/aromatic N) is 1. The van der Waals surface area contributed by atoms with E-state index in [0.717, 1.165) is 32.5 Å². The third kappa shape index (κ3) is 3.30. The fourth-order valence-electron chi connectivity index (χ4n) is 2.99. The summed E-state index contributed by atoms with van der Waals surface area (Å²) in [5, 5.41) is 3.20. The van der Waals surface area contributed by atoms with Gasteiger partial charge in [0.25, 0.3) is 0 Å². The van der Waals surface area contributed by atoms with Crippen LogP contribution < -0.4 is 10.2 Å². The summed E-state index contributed by atoms with van der Waals surface area (Å²) in [4.78, 5) is 2.49. The molecule has 1 heterocycles. The second-order valence-corrected chi connectivity index (χ2v) is 6.42. The Labute approximate surface area is 135 Å². The molecule has 0 fully saturated rings. The zero-order valence-corrected chi connectivity index (χ0v) is 14.0. The van der Waals surface area contributed by atoms with Crippen molar-refractivity contribution >= 4 is 21.6 Å². The molecule has 0 saturated heterocycles. The van der Waals surface area contributed by atoms with Gasteiger partial charge in [-0.3, -0.25) is 0 Å². The van der Waals surface area contributed by atoms with Crippen molar-refractivity contribution in [1.29, 1.82) is 0 Å². The van der Waals surface area contributed by atoms with Crippen LogP contribution >= 0.6 is 15.9 Å². The summed E-state index contributed by atoms with van der Waals surface area (Å²) in [5.41, 5.74) is 5.63. The topological polar surface area (TPSA) is 15.3 Å². The highest BCUT2D eigenvalue weighted by atomic mass is 79.9. The van der Waals surface area contributed by atoms with Crippen molar-refractivity contribution < 1.29 is 0 Å². The third-order valence-electron chi connectivity index (χ3n) is 4.19. The number of anilines is 1. The molecule has 3 heteroatoms. The van der Waals surface area contributed by atoms with Crippen LogP contribution in [-0.2, 0) is 19.4 Å². The van der Waals surface area contributed by atoms with Crippen LogP contribution in [-0.4, -0.2) is 20.1 Å². The lowest BCUT2D eigenvalue weighted by molar-refractivity contribution is 0.798. The molecule has 21 heavy (non-hydrogen) atoms. The van der Waals surface area contributed by atoms with Gasteiger partial charge in [0, 0.05) is 29.8 Å². The molecule has 0 aromatic heterocycles. The van der Waals surface area contributed by atoms with Crippen LogP contribution in [0.5, 0.6) is 0 Å². The summed E-state index contributed by atoms with van der Waals surface area (Å²) in [5.74, 6) is 0. The molecule has 1 aliphatic heterocycles. The SMILES string of the molecule is CNCc1ccc(N2CCc3ccccc3CC2)cc1Br. The maximum absolute atomic E-state index is 3.70. The van der Waals surface area contributed by atoms with E-state index in [1.807, 2.05) is 7.05 Å². The molecule has 0 atom stereocenters. The van der Waals surface area contributed by atoms with E-state index in [4.69, 9.17) is 0 Å². The normalized spacial score (nSPS) is 14.7. The minimum atomic E-state index is 0.895. The highest BCUT2D eigenvalue weighted by Gasteiger charge is 2.14. The van der Waals surface area contributed by atoms with E-state index in [0.29, 0.717) is 0 Å². The molecule has 0 unspecified atom stereocenters. The Morgan fingerprint density at radius 1 is 1.05 bits per heavy atom. The monoisotopic (exact) mass is 344 g/mol. The van der Waals surface area contributed by atoms with Gasteiger partial charge in [-0.2, -0.15) is 0 Å². The molecule has 1 aliphatic rings. The Hall–Kier alpha value is -1.32. The lowest BCUT2D eigenvalue weighted by Crippen LogP contribution is -2.26. The van der Waals surface area contributed by atoms with Crippen LogP contribution in [0.15, 0.2) is 46.9 Å². The van der Waals surface area contributed by atoms with Crippen LogP contribution in [0.1, 0.15) is 16.7 Å². The van der Waals surface area contributed by atoms with Crippen molar-refractivity contribution in [2.45, 2.75) is 19.4 Å². The standard InChI is InChI=1S/C18H21BrN2/c1-20-13-16-6-7-17(12-18(16)19)21-10-8-14-4-2-3-5-15(14)9-11-21/h2-7,12,20H,8-11,13H2,1H3. The molecule has 0 spiro atoms. The molecule has 2 nitrogen and oxygen atoms in total. The second kappa shape index (κ2) is 6.63. The first-order valence-corrected chi connectivity index (χ1v) is 8.32. The van der Waals surface area contributed by atoms with Crippen LogP contribution in [0, 0.1) is 0 Å². The highest BCUT2D eigenvalue weighted by molar-refractivity contribution is 9.10. The average molecular weight is 345 g/mol. The number of hydrogen-bond acceptors (Lipinski definition) is 2. The van der Waals surface area contributed by atoms with Crippen molar-refractivity contribution in [2.24, 2.45) is 0 Å². The zero-order valence-electron chi connectivity index (χ0n) is 12.4. The zero-order chi connectivity index (χ0) is 14.7. The van der Waals surface area contributed by atoms with Crippen molar-refractivity contribution in [2.75, 3.05) is 25.0 Å². The fraction of sp³-hybridized carbons (Fsp3) is 0.333. The molecule has 0 aliphatic carbocycles. The summed E-state index contributed by atoms with van der Waals surface area (Å²) >= 11 is 3.70. The smallest absolute Gasteiger partial charge is 0.0377 e. The number of nitrogens with one attached hydrogen (secondary N) is 1. The van der Waals surface area contributed by atoms with Crippen molar-refractivity contribution in [3.8, 4) is 0 Å². The fourth-order valence-corrected chi connectivity index (χ4v) is 3.50. The first-order chi connectivity index (χ1) is 10.3. The maximum atomic E-state index is 3.70. The second-order valence-electron chi connectivity index (χ2n) is 5.56. The van der Waals surface area contributed by atoms with E-state index in [-0.39, 0.29) is 0 Å². The van der Waals surface area contributed by atoms with E-state index in [9.17, 15) is 0 Å². The van der Waals surface area contributed by atoms with Gasteiger partial charge in [0.1, 0.15) is 0 Å². The Bertz CT molecular complexity index is 597. The molecule has 0 radical (unpaired) electrons. The van der Waals surface area contributed by atoms with Gasteiger partial charge in [-0.05, 0) is 48.7 Å². The average Bonchev–Trinajstić information content (AvgIpc) is 2.72. The Balaban J connectivity index is 1.78. The van der Waals surface area contributed by atoms with Gasteiger partial charge < -0.3 is 10.2 Å². The molecule has 3 rings (SSSR count). The van der Waals surface area contributed by atoms with Crippen LogP contribution in [0.2, 0.25) is 0 Å². The van der Waals surface area contributed by atoms with E-state index in [1.54, 1.807) is 0 Å². The Kier molecular flexibility index (Phi) is 4.61. The first-order valence-electron chi connectivity index (χ1n) is 7.52. The van der Waals surface area contributed by atoms with Gasteiger partial charge in [0.2, 0.25) is 0 Å². The molecule has 0 bridgehead atoms. The Morgan fingerprint density at radius 3 is 2.29 bits per heavy atom. The van der Waals surface area contributed by atoms with E-state index in [2.05, 4.69) is 68.6 Å². The van der Waals surface area contributed by atoms with E-state index in [1.165, 1.54) is 26.9 Å². The Morgan fingerprint density at radius 2 is 1.71 bits per heavy atom. The van der Waals surface area contributed by atoms with Crippen molar-refractivity contribution in [1.82, 2.24) is 5.32 Å². The number of hydrogen-bond donors (Lipinski definition) is 1. The lowest BCUT2D eigenvalue weighted by atomic mass is 10.0. The summed E-state index contributed by atoms with van der Waals surface area (Å²) in [7, 11) is 1.98. The molecule has 0 amide bonds. The van der Waals surface area contributed by atoms with Gasteiger partial charge in [0.15, 0.2) is 0 Å². The summed E-state index contributed by atoms with van der Waals surface area (Å²) < 4.78 is 1.19. The van der Waals surface area contributed by atoms with E-state index < -0.39 is 0 Å². The lowest BCUT2D eigenvalue weighted by Gasteiger charge is -2.23. The predicted molar refractivity (Wildman–Crippen MR) is 93.0 cm³/mol. The van der Waals surface area contributed by atoms with Gasteiger partial charge in [-0.15, -0.1) is 0 Å². The quantitative estimate of drug-likeness (QED) is 0.911. The van der Waals surface area contributed by atoms with Gasteiger partial charge in [-0.1, -0.05) is 46.3 Å².